The monoisotopic (exact) mass is 340 g/mol. The number of aromatic nitrogens is 4. The summed E-state index contributed by atoms with van der Waals surface area (Å²) in [5.41, 5.74) is 7.35. The van der Waals surface area contributed by atoms with Gasteiger partial charge in [0.1, 0.15) is 11.4 Å². The number of hydrogen-bond donors (Lipinski definition) is 2. The molecule has 0 aliphatic carbocycles. The van der Waals surface area contributed by atoms with Gasteiger partial charge in [0, 0.05) is 22.1 Å². The fourth-order valence-electron chi connectivity index (χ4n) is 3.19. The molecule has 0 unspecified atom stereocenters. The van der Waals surface area contributed by atoms with E-state index in [9.17, 15) is 0 Å². The maximum Gasteiger partial charge on any atom is 0.170 e. The van der Waals surface area contributed by atoms with Gasteiger partial charge in [-0.3, -0.25) is 0 Å². The van der Waals surface area contributed by atoms with Gasteiger partial charge < -0.3 is 14.7 Å². The van der Waals surface area contributed by atoms with E-state index >= 15 is 0 Å². The molecule has 5 heteroatoms. The minimum absolute atomic E-state index is 0.670. The van der Waals surface area contributed by atoms with Gasteiger partial charge in [0.2, 0.25) is 0 Å². The number of H-pyrrole nitrogens is 2. The van der Waals surface area contributed by atoms with E-state index < -0.39 is 0 Å². The van der Waals surface area contributed by atoms with Crippen molar-refractivity contribution in [3.05, 3.63) is 65.2 Å². The van der Waals surface area contributed by atoms with Gasteiger partial charge in [-0.2, -0.15) is 0 Å². The quantitative estimate of drug-likeness (QED) is 0.466. The van der Waals surface area contributed by atoms with Gasteiger partial charge in [0.25, 0.3) is 0 Å². The molecule has 5 rings (SSSR count). The van der Waals surface area contributed by atoms with Crippen LogP contribution in [0.4, 0.5) is 0 Å². The highest BCUT2D eigenvalue weighted by Gasteiger charge is 2.11. The average molecular weight is 340 g/mol. The molecule has 3 aromatic rings. The van der Waals surface area contributed by atoms with Crippen LogP contribution in [0.15, 0.2) is 42.5 Å². The predicted molar refractivity (Wildman–Crippen MR) is 105 cm³/mol. The van der Waals surface area contributed by atoms with Crippen LogP contribution in [0, 0.1) is 0 Å². The molecule has 0 saturated carbocycles. The van der Waals surface area contributed by atoms with Crippen molar-refractivity contribution >= 4 is 46.4 Å². The van der Waals surface area contributed by atoms with Gasteiger partial charge in [-0.15, -0.1) is 0 Å². The fourth-order valence-corrected chi connectivity index (χ4v) is 3.19. The molecular weight excluding hydrogens is 324 g/mol. The van der Waals surface area contributed by atoms with Gasteiger partial charge in [0.15, 0.2) is 5.75 Å². The summed E-state index contributed by atoms with van der Waals surface area (Å²) in [5, 5.41) is 0. The minimum Gasteiger partial charge on any atom is -0.492 e. The van der Waals surface area contributed by atoms with E-state index in [1.807, 2.05) is 48.6 Å². The van der Waals surface area contributed by atoms with Crippen LogP contribution in [0.5, 0.6) is 5.75 Å². The lowest BCUT2D eigenvalue weighted by Gasteiger charge is -2.00. The van der Waals surface area contributed by atoms with E-state index in [2.05, 4.69) is 38.1 Å². The lowest BCUT2D eigenvalue weighted by atomic mass is 10.3. The zero-order valence-electron chi connectivity index (χ0n) is 14.2. The highest BCUT2D eigenvalue weighted by Crippen LogP contribution is 2.27. The topological polar surface area (TPSA) is 66.6 Å². The first-order valence-electron chi connectivity index (χ1n) is 8.38. The summed E-state index contributed by atoms with van der Waals surface area (Å²) in [6.07, 6.45) is 7.86. The molecule has 5 heterocycles. The summed E-state index contributed by atoms with van der Waals surface area (Å²) in [4.78, 5) is 16.1. The molecule has 0 radical (unpaired) electrons. The Labute approximate surface area is 149 Å². The predicted octanol–water partition coefficient (Wildman–Crippen LogP) is 4.66. The van der Waals surface area contributed by atoms with Crippen molar-refractivity contribution in [3.63, 3.8) is 0 Å². The Kier molecular flexibility index (Phi) is 3.25. The molecular formula is C21H16N4O. The van der Waals surface area contributed by atoms with Crippen molar-refractivity contribution in [2.45, 2.75) is 0 Å². The molecule has 0 spiro atoms. The van der Waals surface area contributed by atoms with Gasteiger partial charge >= 0.3 is 0 Å². The van der Waals surface area contributed by atoms with Crippen LogP contribution >= 0.6 is 0 Å². The van der Waals surface area contributed by atoms with E-state index in [-0.39, 0.29) is 0 Å². The summed E-state index contributed by atoms with van der Waals surface area (Å²) in [6.45, 7) is 0. The van der Waals surface area contributed by atoms with Crippen LogP contribution in [0.25, 0.3) is 46.4 Å². The summed E-state index contributed by atoms with van der Waals surface area (Å²) in [5.74, 6) is 0.670. The molecule has 2 aliphatic rings. The van der Waals surface area contributed by atoms with E-state index in [0.717, 1.165) is 44.8 Å². The third-order valence-electron chi connectivity index (χ3n) is 4.37. The van der Waals surface area contributed by atoms with Crippen molar-refractivity contribution in [2.24, 2.45) is 0 Å². The van der Waals surface area contributed by atoms with Gasteiger partial charge in [-0.05, 0) is 66.8 Å². The molecule has 126 valence electrons. The van der Waals surface area contributed by atoms with Crippen LogP contribution in [-0.4, -0.2) is 27.0 Å². The fraction of sp³-hybridized carbons (Fsp3) is 0.0476. The van der Waals surface area contributed by atoms with Crippen molar-refractivity contribution in [3.8, 4) is 5.75 Å². The summed E-state index contributed by atoms with van der Waals surface area (Å²) in [6, 6.07) is 14.3. The molecule has 0 atom stereocenters. The van der Waals surface area contributed by atoms with Gasteiger partial charge in [-0.25, -0.2) is 9.97 Å². The Bertz CT molecular complexity index is 1140. The molecule has 5 nitrogen and oxygen atoms in total. The normalized spacial score (nSPS) is 12.5. The third kappa shape index (κ3) is 2.59. The molecule has 2 aliphatic heterocycles. The smallest absolute Gasteiger partial charge is 0.170 e. The highest BCUT2D eigenvalue weighted by atomic mass is 16.5. The molecule has 0 fully saturated rings. The van der Waals surface area contributed by atoms with E-state index in [4.69, 9.17) is 4.74 Å². The Balaban J connectivity index is 1.88. The van der Waals surface area contributed by atoms with Crippen molar-refractivity contribution < 1.29 is 4.74 Å². The van der Waals surface area contributed by atoms with E-state index in [1.54, 1.807) is 7.11 Å². The number of nitrogens with zero attached hydrogens (tertiary/aromatic N) is 2. The van der Waals surface area contributed by atoms with E-state index in [1.165, 1.54) is 0 Å². The zero-order valence-corrected chi connectivity index (χ0v) is 14.2. The first kappa shape index (κ1) is 14.7. The van der Waals surface area contributed by atoms with Gasteiger partial charge in [-0.1, -0.05) is 0 Å². The first-order chi connectivity index (χ1) is 12.8. The molecule has 0 amide bonds. The van der Waals surface area contributed by atoms with Crippen LogP contribution in [0.3, 0.4) is 0 Å². The number of rotatable bonds is 1. The summed E-state index contributed by atoms with van der Waals surface area (Å²) >= 11 is 0. The lowest BCUT2D eigenvalue weighted by molar-refractivity contribution is 0.410. The second-order valence-corrected chi connectivity index (χ2v) is 6.21. The number of hydrogen-bond acceptors (Lipinski definition) is 3. The molecule has 3 aromatic heterocycles. The average Bonchev–Trinajstić information content (AvgIpc) is 3.39. The van der Waals surface area contributed by atoms with Crippen molar-refractivity contribution in [1.82, 2.24) is 19.9 Å². The second kappa shape index (κ2) is 5.74. The Hall–Kier alpha value is -3.60. The number of fused-ring (bicyclic) bond motifs is 8. The Morgan fingerprint density at radius 3 is 1.58 bits per heavy atom. The van der Waals surface area contributed by atoms with Crippen LogP contribution < -0.4 is 4.74 Å². The highest BCUT2D eigenvalue weighted by molar-refractivity contribution is 5.81. The number of aromatic amines is 2. The van der Waals surface area contributed by atoms with Crippen LogP contribution in [0.2, 0.25) is 0 Å². The Morgan fingerprint density at radius 2 is 1.12 bits per heavy atom. The second-order valence-electron chi connectivity index (χ2n) is 6.21. The Morgan fingerprint density at radius 1 is 0.654 bits per heavy atom. The van der Waals surface area contributed by atoms with Gasteiger partial charge in [0.05, 0.1) is 18.5 Å². The maximum absolute atomic E-state index is 5.59. The standard InChI is InChI=1S/C21H16N4O/c1-26-21-19-8-6-17(24-19)11-15-4-2-13(22-15)10-14-3-5-16(23-14)12-18-7-9-20(21)25-18/h2-12,22-23H,1H3. The van der Waals surface area contributed by atoms with Crippen molar-refractivity contribution in [2.75, 3.05) is 7.11 Å². The third-order valence-corrected chi connectivity index (χ3v) is 4.37. The van der Waals surface area contributed by atoms with E-state index in [0.29, 0.717) is 5.75 Å². The maximum atomic E-state index is 5.59. The molecule has 26 heavy (non-hydrogen) atoms. The number of methoxy groups -OCH3 is 1. The number of nitrogens with one attached hydrogen (secondary N) is 2. The first-order valence-corrected chi connectivity index (χ1v) is 8.38. The van der Waals surface area contributed by atoms with Crippen molar-refractivity contribution in [1.29, 1.82) is 0 Å². The van der Waals surface area contributed by atoms with Crippen LogP contribution in [-0.2, 0) is 0 Å². The zero-order chi connectivity index (χ0) is 17.5. The molecule has 0 saturated heterocycles. The molecule has 0 aromatic carbocycles. The molecule has 8 bridgehead atoms. The number of ether oxygens (including phenoxy) is 1. The van der Waals surface area contributed by atoms with Crippen LogP contribution in [0.1, 0.15) is 22.8 Å². The largest absolute Gasteiger partial charge is 0.492 e. The minimum atomic E-state index is 0.670. The molecule has 2 N–H and O–H groups in total. The lowest BCUT2D eigenvalue weighted by Crippen LogP contribution is -1.90. The summed E-state index contributed by atoms with van der Waals surface area (Å²) in [7, 11) is 1.65. The SMILES string of the molecule is COc1c2nc(cc3ccc(cc4ccc(cc5nc1C=C5)[nH]4)[nH]3)C=C2. The summed E-state index contributed by atoms with van der Waals surface area (Å²) < 4.78 is 5.59.